The van der Waals surface area contributed by atoms with Gasteiger partial charge in [-0.05, 0) is 66.8 Å². The summed E-state index contributed by atoms with van der Waals surface area (Å²) in [5.41, 5.74) is 2.17. The van der Waals surface area contributed by atoms with Gasteiger partial charge in [-0.15, -0.1) is 11.3 Å². The van der Waals surface area contributed by atoms with E-state index in [4.69, 9.17) is 0 Å². The minimum Gasteiger partial charge on any atom is -0.301 e. The number of thioether (sulfide) groups is 1. The molecule has 0 saturated heterocycles. The molecule has 7 heteroatoms. The average Bonchev–Trinajstić information content (AvgIpc) is 3.05. The van der Waals surface area contributed by atoms with Crippen molar-refractivity contribution < 1.29 is 9.18 Å². The second kappa shape index (κ2) is 7.93. The van der Waals surface area contributed by atoms with Gasteiger partial charge in [-0.3, -0.25) is 9.59 Å². The van der Waals surface area contributed by atoms with E-state index in [9.17, 15) is 14.0 Å². The second-order valence-electron chi connectivity index (χ2n) is 9.04. The fourth-order valence-electron chi connectivity index (χ4n) is 4.01. The molecular weight excluding hydrogens is 419 g/mol. The molecule has 2 aromatic heterocycles. The van der Waals surface area contributed by atoms with Crippen LogP contribution in [0.3, 0.4) is 0 Å². The summed E-state index contributed by atoms with van der Waals surface area (Å²) in [5, 5.41) is 1.16. The zero-order valence-corrected chi connectivity index (χ0v) is 19.2. The summed E-state index contributed by atoms with van der Waals surface area (Å²) in [6.45, 7) is 8.45. The highest BCUT2D eigenvalue weighted by atomic mass is 32.2. The predicted octanol–water partition coefficient (Wildman–Crippen LogP) is 5.56. The number of fused-ring (bicyclic) bond motifs is 3. The van der Waals surface area contributed by atoms with Crippen molar-refractivity contribution >= 4 is 39.1 Å². The van der Waals surface area contributed by atoms with E-state index in [0.717, 1.165) is 29.7 Å². The number of nitrogens with one attached hydrogen (secondary N) is 1. The summed E-state index contributed by atoms with van der Waals surface area (Å²) in [4.78, 5) is 34.8. The average molecular weight is 445 g/mol. The molecule has 0 aliphatic heterocycles. The lowest BCUT2D eigenvalue weighted by Crippen LogP contribution is -2.26. The second-order valence-corrected chi connectivity index (χ2v) is 11.1. The Bertz CT molecular complexity index is 1190. The standard InChI is InChI=1S/C23H25FN2O2S2/c1-12-9-13(5-8-16(12)24)17(27)11-29-22-25-20(28)19-15-7-6-14(23(2,3)4)10-18(15)30-21(19)26-22/h5,8-9,14H,6-7,10-11H2,1-4H3,(H,25,26,28). The number of hydrogen-bond donors (Lipinski definition) is 1. The fourth-order valence-corrected chi connectivity index (χ4v) is 6.12. The maximum Gasteiger partial charge on any atom is 0.260 e. The van der Waals surface area contributed by atoms with Crippen LogP contribution in [0.25, 0.3) is 10.2 Å². The highest BCUT2D eigenvalue weighted by Crippen LogP contribution is 2.42. The molecule has 1 unspecified atom stereocenters. The molecule has 0 spiro atoms. The number of thiophene rings is 1. The van der Waals surface area contributed by atoms with E-state index in [1.807, 2.05) is 0 Å². The van der Waals surface area contributed by atoms with Crippen LogP contribution < -0.4 is 5.56 Å². The number of aryl methyl sites for hydroxylation is 2. The number of hydrogen-bond acceptors (Lipinski definition) is 5. The lowest BCUT2D eigenvalue weighted by Gasteiger charge is -2.33. The molecule has 1 atom stereocenters. The molecule has 1 aliphatic carbocycles. The van der Waals surface area contributed by atoms with Crippen LogP contribution in [0.1, 0.15) is 53.6 Å². The maximum absolute atomic E-state index is 13.4. The molecule has 0 radical (unpaired) electrons. The Kier molecular flexibility index (Phi) is 5.62. The van der Waals surface area contributed by atoms with Gasteiger partial charge in [0.05, 0.1) is 11.1 Å². The quantitative estimate of drug-likeness (QED) is 0.325. The largest absolute Gasteiger partial charge is 0.301 e. The molecule has 0 bridgehead atoms. The number of H-pyrrole nitrogens is 1. The van der Waals surface area contributed by atoms with Crippen molar-refractivity contribution in [3.05, 3.63) is 55.9 Å². The van der Waals surface area contributed by atoms with E-state index in [-0.39, 0.29) is 28.3 Å². The summed E-state index contributed by atoms with van der Waals surface area (Å²) in [6, 6.07) is 4.35. The maximum atomic E-state index is 13.4. The van der Waals surface area contributed by atoms with Crippen molar-refractivity contribution in [1.82, 2.24) is 9.97 Å². The molecule has 0 amide bonds. The van der Waals surface area contributed by atoms with Gasteiger partial charge in [-0.2, -0.15) is 0 Å². The third kappa shape index (κ3) is 4.10. The summed E-state index contributed by atoms with van der Waals surface area (Å²) in [5.74, 6) is 0.287. The monoisotopic (exact) mass is 444 g/mol. The topological polar surface area (TPSA) is 62.8 Å². The van der Waals surface area contributed by atoms with Crippen molar-refractivity contribution in [2.24, 2.45) is 11.3 Å². The zero-order valence-electron chi connectivity index (χ0n) is 17.6. The first-order valence-electron chi connectivity index (χ1n) is 10.1. The van der Waals surface area contributed by atoms with Crippen LogP contribution >= 0.6 is 23.1 Å². The van der Waals surface area contributed by atoms with E-state index in [1.165, 1.54) is 28.8 Å². The highest BCUT2D eigenvalue weighted by Gasteiger charge is 2.31. The van der Waals surface area contributed by atoms with Crippen molar-refractivity contribution in [1.29, 1.82) is 0 Å². The summed E-state index contributed by atoms with van der Waals surface area (Å²) < 4.78 is 13.4. The first kappa shape index (κ1) is 21.2. The Hall–Kier alpha value is -1.99. The van der Waals surface area contributed by atoms with Crippen molar-refractivity contribution in [2.45, 2.75) is 52.1 Å². The molecule has 1 aliphatic rings. The number of benzene rings is 1. The summed E-state index contributed by atoms with van der Waals surface area (Å²) in [7, 11) is 0. The molecule has 158 valence electrons. The van der Waals surface area contributed by atoms with Crippen LogP contribution in [0.2, 0.25) is 0 Å². The van der Waals surface area contributed by atoms with Gasteiger partial charge in [-0.25, -0.2) is 9.37 Å². The predicted molar refractivity (Wildman–Crippen MR) is 121 cm³/mol. The molecule has 4 rings (SSSR count). The van der Waals surface area contributed by atoms with Crippen LogP contribution in [0.15, 0.2) is 28.2 Å². The molecule has 4 nitrogen and oxygen atoms in total. The Morgan fingerprint density at radius 1 is 1.37 bits per heavy atom. The van der Waals surface area contributed by atoms with Gasteiger partial charge < -0.3 is 4.98 Å². The van der Waals surface area contributed by atoms with Gasteiger partial charge in [0.15, 0.2) is 10.9 Å². The van der Waals surface area contributed by atoms with Crippen LogP contribution in [0.4, 0.5) is 4.39 Å². The number of Topliss-reactive ketones (excluding diaryl/α,β-unsaturated/α-hetero) is 1. The number of ketones is 1. The SMILES string of the molecule is Cc1cc(C(=O)CSc2nc3sc4c(c3c(=O)[nH]2)CCC(C(C)(C)C)C4)ccc1F. The van der Waals surface area contributed by atoms with Gasteiger partial charge in [0.1, 0.15) is 10.6 Å². The Labute approximate surface area is 183 Å². The molecule has 2 heterocycles. The molecule has 3 aromatic rings. The third-order valence-electron chi connectivity index (χ3n) is 5.94. The molecule has 0 fully saturated rings. The lowest BCUT2D eigenvalue weighted by atomic mass is 9.72. The number of carbonyl (C=O) groups excluding carboxylic acids is 1. The zero-order chi connectivity index (χ0) is 21.6. The number of carbonyl (C=O) groups is 1. The normalized spacial score (nSPS) is 16.6. The van der Waals surface area contributed by atoms with Crippen molar-refractivity contribution in [2.75, 3.05) is 5.75 Å². The number of aromatic nitrogens is 2. The first-order valence-corrected chi connectivity index (χ1v) is 11.9. The van der Waals surface area contributed by atoms with Gasteiger partial charge in [-0.1, -0.05) is 32.5 Å². The van der Waals surface area contributed by atoms with Crippen molar-refractivity contribution in [3.8, 4) is 0 Å². The van der Waals surface area contributed by atoms with Gasteiger partial charge in [0.2, 0.25) is 0 Å². The van der Waals surface area contributed by atoms with Gasteiger partial charge in [0, 0.05) is 10.4 Å². The van der Waals surface area contributed by atoms with Crippen molar-refractivity contribution in [3.63, 3.8) is 0 Å². The molecule has 1 N–H and O–H groups in total. The number of nitrogens with zero attached hydrogens (tertiary/aromatic N) is 1. The van der Waals surface area contributed by atoms with Crippen LogP contribution in [-0.4, -0.2) is 21.5 Å². The molecule has 0 saturated carbocycles. The van der Waals surface area contributed by atoms with E-state index < -0.39 is 0 Å². The minimum atomic E-state index is -0.328. The number of rotatable bonds is 4. The minimum absolute atomic E-state index is 0.121. The molecular formula is C23H25FN2O2S2. The van der Waals surface area contributed by atoms with Gasteiger partial charge >= 0.3 is 0 Å². The van der Waals surface area contributed by atoms with E-state index >= 15 is 0 Å². The van der Waals surface area contributed by atoms with Crippen LogP contribution in [0.5, 0.6) is 0 Å². The van der Waals surface area contributed by atoms with E-state index in [2.05, 4.69) is 30.7 Å². The number of halogens is 1. The smallest absolute Gasteiger partial charge is 0.260 e. The van der Waals surface area contributed by atoms with E-state index in [0.29, 0.717) is 27.6 Å². The van der Waals surface area contributed by atoms with Crippen LogP contribution in [-0.2, 0) is 12.8 Å². The lowest BCUT2D eigenvalue weighted by molar-refractivity contribution is 0.102. The summed E-state index contributed by atoms with van der Waals surface area (Å²) >= 11 is 2.82. The van der Waals surface area contributed by atoms with E-state index in [1.54, 1.807) is 24.3 Å². The summed E-state index contributed by atoms with van der Waals surface area (Å²) in [6.07, 6.45) is 2.99. The Morgan fingerprint density at radius 2 is 2.13 bits per heavy atom. The third-order valence-corrected chi connectivity index (χ3v) is 7.96. The van der Waals surface area contributed by atoms with Gasteiger partial charge in [0.25, 0.3) is 5.56 Å². The molecule has 1 aromatic carbocycles. The fraction of sp³-hybridized carbons (Fsp3) is 0.435. The highest BCUT2D eigenvalue weighted by molar-refractivity contribution is 7.99. The Morgan fingerprint density at radius 3 is 2.83 bits per heavy atom. The number of aromatic amines is 1. The molecule has 30 heavy (non-hydrogen) atoms. The Balaban J connectivity index is 1.56. The van der Waals surface area contributed by atoms with Crippen LogP contribution in [0, 0.1) is 24.1 Å². The first-order chi connectivity index (χ1) is 14.1.